The van der Waals surface area contributed by atoms with E-state index in [1.807, 2.05) is 50.2 Å². The first kappa shape index (κ1) is 21.7. The zero-order valence-corrected chi connectivity index (χ0v) is 18.8. The van der Waals surface area contributed by atoms with Crippen molar-refractivity contribution in [1.29, 1.82) is 0 Å². The lowest BCUT2D eigenvalue weighted by Gasteiger charge is -2.10. The van der Waals surface area contributed by atoms with Crippen LogP contribution in [-0.4, -0.2) is 28.3 Å². The number of halogens is 1. The molecule has 32 heavy (non-hydrogen) atoms. The van der Waals surface area contributed by atoms with Crippen molar-refractivity contribution in [2.24, 2.45) is 0 Å². The molecule has 0 atom stereocenters. The predicted molar refractivity (Wildman–Crippen MR) is 125 cm³/mol. The summed E-state index contributed by atoms with van der Waals surface area (Å²) in [4.78, 5) is 25.4. The number of ether oxygens (including phenoxy) is 2. The van der Waals surface area contributed by atoms with Crippen molar-refractivity contribution in [3.05, 3.63) is 93.4 Å². The fourth-order valence-corrected chi connectivity index (χ4v) is 3.84. The highest BCUT2D eigenvalue weighted by Gasteiger charge is 2.16. The molecule has 0 saturated carbocycles. The molecule has 1 heterocycles. The van der Waals surface area contributed by atoms with Gasteiger partial charge in [-0.1, -0.05) is 23.7 Å². The standard InChI is InChI=1S/C25H23ClN2O4/c1-16(2)32-21-10-8-20(9-11-21)28-23-14-19(26)7-12-22(23)27(25(28)30)15-17-5-4-6-18(13-17)24(29)31-3/h4-14,16H,15H2,1-3H3. The molecule has 0 bridgehead atoms. The first-order valence-corrected chi connectivity index (χ1v) is 10.6. The second kappa shape index (κ2) is 8.93. The maximum atomic E-state index is 13.5. The van der Waals surface area contributed by atoms with Gasteiger partial charge in [-0.25, -0.2) is 9.59 Å². The molecule has 6 nitrogen and oxygen atoms in total. The molecule has 0 aliphatic rings. The van der Waals surface area contributed by atoms with Crippen molar-refractivity contribution in [3.8, 4) is 11.4 Å². The van der Waals surface area contributed by atoms with Crippen molar-refractivity contribution < 1.29 is 14.3 Å². The van der Waals surface area contributed by atoms with Crippen LogP contribution in [0.15, 0.2) is 71.5 Å². The molecule has 7 heteroatoms. The van der Waals surface area contributed by atoms with Crippen molar-refractivity contribution in [3.63, 3.8) is 0 Å². The number of carbonyl (C=O) groups is 1. The van der Waals surface area contributed by atoms with Crippen LogP contribution in [-0.2, 0) is 11.3 Å². The summed E-state index contributed by atoms with van der Waals surface area (Å²) < 4.78 is 13.8. The van der Waals surface area contributed by atoms with E-state index in [4.69, 9.17) is 21.1 Å². The first-order valence-electron chi connectivity index (χ1n) is 10.2. The van der Waals surface area contributed by atoms with Crippen LogP contribution >= 0.6 is 11.6 Å². The van der Waals surface area contributed by atoms with Gasteiger partial charge in [0.1, 0.15) is 5.75 Å². The SMILES string of the molecule is COC(=O)c1cccc(Cn2c(=O)n(-c3ccc(OC(C)C)cc3)c3cc(Cl)ccc32)c1. The smallest absolute Gasteiger partial charge is 0.337 e. The molecule has 0 amide bonds. The Morgan fingerprint density at radius 1 is 1.00 bits per heavy atom. The second-order valence-corrected chi connectivity index (χ2v) is 8.13. The molecule has 0 aliphatic carbocycles. The van der Waals surface area contributed by atoms with Crippen molar-refractivity contribution in [2.45, 2.75) is 26.5 Å². The average molecular weight is 451 g/mol. The Hall–Kier alpha value is -3.51. The Morgan fingerprint density at radius 2 is 1.75 bits per heavy atom. The van der Waals surface area contributed by atoms with E-state index >= 15 is 0 Å². The van der Waals surface area contributed by atoms with Crippen LogP contribution in [0.3, 0.4) is 0 Å². The van der Waals surface area contributed by atoms with Gasteiger partial charge >= 0.3 is 11.7 Å². The quantitative estimate of drug-likeness (QED) is 0.385. The summed E-state index contributed by atoms with van der Waals surface area (Å²) in [6, 6.07) is 19.8. The van der Waals surface area contributed by atoms with E-state index in [9.17, 15) is 9.59 Å². The minimum absolute atomic E-state index is 0.0602. The molecule has 0 unspecified atom stereocenters. The monoisotopic (exact) mass is 450 g/mol. The van der Waals surface area contributed by atoms with E-state index in [2.05, 4.69) is 0 Å². The molecule has 164 valence electrons. The van der Waals surface area contributed by atoms with Crippen LogP contribution in [0.25, 0.3) is 16.7 Å². The topological polar surface area (TPSA) is 62.5 Å². The van der Waals surface area contributed by atoms with Crippen LogP contribution in [0.2, 0.25) is 5.02 Å². The highest BCUT2D eigenvalue weighted by atomic mass is 35.5. The second-order valence-electron chi connectivity index (χ2n) is 7.69. The average Bonchev–Trinajstić information content (AvgIpc) is 3.04. The molecule has 0 radical (unpaired) electrons. The van der Waals surface area contributed by atoms with E-state index in [1.165, 1.54) is 7.11 Å². The Balaban J connectivity index is 1.81. The Labute approximate surface area is 190 Å². The highest BCUT2D eigenvalue weighted by Crippen LogP contribution is 2.24. The number of hydrogen-bond acceptors (Lipinski definition) is 4. The number of rotatable bonds is 6. The predicted octanol–water partition coefficient (Wildman–Crippen LogP) is 5.07. The van der Waals surface area contributed by atoms with Crippen LogP contribution in [0.1, 0.15) is 29.8 Å². The summed E-state index contributed by atoms with van der Waals surface area (Å²) >= 11 is 6.26. The number of imidazole rings is 1. The van der Waals surface area contributed by atoms with Gasteiger partial charge in [0.2, 0.25) is 0 Å². The highest BCUT2D eigenvalue weighted by molar-refractivity contribution is 6.31. The summed E-state index contributed by atoms with van der Waals surface area (Å²) in [6.45, 7) is 4.22. The van der Waals surface area contributed by atoms with Crippen LogP contribution in [0.4, 0.5) is 0 Å². The number of hydrogen-bond donors (Lipinski definition) is 0. The first-order chi connectivity index (χ1) is 15.4. The summed E-state index contributed by atoms with van der Waals surface area (Å²) in [5.41, 5.74) is 3.19. The lowest BCUT2D eigenvalue weighted by Crippen LogP contribution is -2.23. The normalized spacial score (nSPS) is 11.2. The number of nitrogens with zero attached hydrogens (tertiary/aromatic N) is 2. The Bertz CT molecular complexity index is 1340. The molecule has 0 spiro atoms. The zero-order chi connectivity index (χ0) is 22.8. The summed E-state index contributed by atoms with van der Waals surface area (Å²) in [6.07, 6.45) is 0.0602. The van der Waals surface area contributed by atoms with Gasteiger partial charge in [-0.3, -0.25) is 9.13 Å². The van der Waals surface area contributed by atoms with E-state index in [0.717, 1.165) is 16.8 Å². The van der Waals surface area contributed by atoms with Gasteiger partial charge in [0.25, 0.3) is 0 Å². The summed E-state index contributed by atoms with van der Waals surface area (Å²) in [5.74, 6) is 0.315. The third kappa shape index (κ3) is 4.27. The van der Waals surface area contributed by atoms with Crippen LogP contribution < -0.4 is 10.4 Å². The van der Waals surface area contributed by atoms with Gasteiger partial charge in [0.15, 0.2) is 0 Å². The molecule has 0 aliphatic heterocycles. The lowest BCUT2D eigenvalue weighted by atomic mass is 10.1. The third-order valence-corrected chi connectivity index (χ3v) is 5.28. The summed E-state index contributed by atoms with van der Waals surface area (Å²) in [7, 11) is 1.34. The van der Waals surface area contributed by atoms with Crippen molar-refractivity contribution in [2.75, 3.05) is 7.11 Å². The Kier molecular flexibility index (Phi) is 6.06. The van der Waals surface area contributed by atoms with E-state index in [0.29, 0.717) is 28.3 Å². The molecule has 1 aromatic heterocycles. The third-order valence-electron chi connectivity index (χ3n) is 5.05. The summed E-state index contributed by atoms with van der Waals surface area (Å²) in [5, 5.41) is 0.538. The van der Waals surface area contributed by atoms with Gasteiger partial charge in [0.05, 0.1) is 42.0 Å². The number of carbonyl (C=O) groups excluding carboxylic acids is 1. The van der Waals surface area contributed by atoms with Crippen molar-refractivity contribution >= 4 is 28.6 Å². The fraction of sp³-hybridized carbons (Fsp3) is 0.200. The maximum Gasteiger partial charge on any atom is 0.337 e. The zero-order valence-electron chi connectivity index (χ0n) is 18.0. The van der Waals surface area contributed by atoms with Gasteiger partial charge in [0, 0.05) is 5.02 Å². The largest absolute Gasteiger partial charge is 0.491 e. The lowest BCUT2D eigenvalue weighted by molar-refractivity contribution is 0.0600. The minimum Gasteiger partial charge on any atom is -0.491 e. The molecular weight excluding hydrogens is 428 g/mol. The van der Waals surface area contributed by atoms with Crippen molar-refractivity contribution in [1.82, 2.24) is 9.13 Å². The number of fused-ring (bicyclic) bond motifs is 1. The molecule has 0 fully saturated rings. The molecule has 4 rings (SSSR count). The molecule has 4 aromatic rings. The van der Waals surface area contributed by atoms with E-state index in [1.54, 1.807) is 39.5 Å². The maximum absolute atomic E-state index is 13.5. The van der Waals surface area contributed by atoms with E-state index in [-0.39, 0.29) is 11.8 Å². The number of methoxy groups -OCH3 is 1. The minimum atomic E-state index is -0.419. The van der Waals surface area contributed by atoms with Gasteiger partial charge < -0.3 is 9.47 Å². The number of esters is 1. The molecule has 0 N–H and O–H groups in total. The number of benzene rings is 3. The molecule has 0 saturated heterocycles. The molecule has 3 aromatic carbocycles. The van der Waals surface area contributed by atoms with Gasteiger partial charge in [-0.15, -0.1) is 0 Å². The fourth-order valence-electron chi connectivity index (χ4n) is 3.68. The molecular formula is C25H23ClN2O4. The van der Waals surface area contributed by atoms with E-state index < -0.39 is 5.97 Å². The number of aromatic nitrogens is 2. The Morgan fingerprint density at radius 3 is 2.44 bits per heavy atom. The van der Waals surface area contributed by atoms with Gasteiger partial charge in [-0.2, -0.15) is 0 Å². The van der Waals surface area contributed by atoms with Crippen LogP contribution in [0.5, 0.6) is 5.75 Å². The van der Waals surface area contributed by atoms with Gasteiger partial charge in [-0.05, 0) is 74.0 Å². The van der Waals surface area contributed by atoms with Crippen LogP contribution in [0, 0.1) is 0 Å².